The van der Waals surface area contributed by atoms with E-state index < -0.39 is 10.3 Å². The number of hydrogen-bond acceptors (Lipinski definition) is 3. The molecule has 1 radical (unpaired) electrons. The van der Waals surface area contributed by atoms with Gasteiger partial charge in [-0.2, -0.15) is 8.42 Å². The topological polar surface area (TPSA) is 57.5 Å². The van der Waals surface area contributed by atoms with Crippen LogP contribution in [0.2, 0.25) is 0 Å². The molecule has 1 aliphatic rings. The molecule has 0 spiro atoms. The quantitative estimate of drug-likeness (QED) is 0.440. The Kier molecular flexibility index (Phi) is 1.50. The second kappa shape index (κ2) is 2.00. The van der Waals surface area contributed by atoms with Crippen LogP contribution in [-0.4, -0.2) is 21.6 Å². The van der Waals surface area contributed by atoms with E-state index in [-0.39, 0.29) is 6.61 Å². The second-order valence-electron chi connectivity index (χ2n) is 1.46. The van der Waals surface area contributed by atoms with E-state index in [0.717, 1.165) is 0 Å². The van der Waals surface area contributed by atoms with Crippen LogP contribution in [0.5, 0.6) is 0 Å². The molecule has 1 aliphatic heterocycles. The van der Waals surface area contributed by atoms with Crippen molar-refractivity contribution in [3.63, 3.8) is 0 Å². The van der Waals surface area contributed by atoms with Gasteiger partial charge in [-0.25, -0.2) is 0 Å². The zero-order valence-electron chi connectivity index (χ0n) is 4.20. The zero-order chi connectivity index (χ0) is 6.04. The van der Waals surface area contributed by atoms with E-state index in [1.165, 1.54) is 0 Å². The molecule has 8 heavy (non-hydrogen) atoms. The fraction of sp³-hybridized carbons (Fsp3) is 1.00. The van der Waals surface area contributed by atoms with Gasteiger partial charge in [0.25, 0.3) is 0 Å². The van der Waals surface area contributed by atoms with Gasteiger partial charge in [0.1, 0.15) is 0 Å². The van der Waals surface area contributed by atoms with Crippen molar-refractivity contribution in [3.8, 4) is 0 Å². The lowest BCUT2D eigenvalue weighted by Gasteiger charge is -2.08. The summed E-state index contributed by atoms with van der Waals surface area (Å²) in [5.74, 6) is 0. The van der Waals surface area contributed by atoms with Crippen LogP contribution in [-0.2, 0) is 14.5 Å². The fourth-order valence-electron chi connectivity index (χ4n) is 0.442. The predicted molar refractivity (Wildman–Crippen MR) is 26.5 cm³/mol. The van der Waals surface area contributed by atoms with Gasteiger partial charge in [0.15, 0.2) is 0 Å². The van der Waals surface area contributed by atoms with Crippen LogP contribution < -0.4 is 4.72 Å². The smallest absolute Gasteiger partial charge is 0.257 e. The van der Waals surface area contributed by atoms with E-state index in [2.05, 4.69) is 8.91 Å². The van der Waals surface area contributed by atoms with Crippen molar-refractivity contribution in [2.45, 2.75) is 6.42 Å². The summed E-state index contributed by atoms with van der Waals surface area (Å²) in [6.45, 7) is 0.661. The van der Waals surface area contributed by atoms with E-state index in [0.29, 0.717) is 13.0 Å². The molecule has 4 nitrogen and oxygen atoms in total. The van der Waals surface area contributed by atoms with Gasteiger partial charge in [-0.3, -0.25) is 4.18 Å². The summed E-state index contributed by atoms with van der Waals surface area (Å²) in [6.07, 6.45) is 0.708. The van der Waals surface area contributed by atoms with Crippen molar-refractivity contribution < 1.29 is 12.6 Å². The van der Waals surface area contributed by atoms with Gasteiger partial charge in [-0.05, 0) is 6.42 Å². The Bertz CT molecular complexity index is 149. The highest BCUT2D eigenvalue weighted by Crippen LogP contribution is 1.98. The average molecular weight is 136 g/mol. The number of rotatable bonds is 0. The average Bonchev–Trinajstić information content (AvgIpc) is 1.65. The van der Waals surface area contributed by atoms with Crippen LogP contribution in [0.1, 0.15) is 6.42 Å². The molecule has 0 bridgehead atoms. The van der Waals surface area contributed by atoms with E-state index in [4.69, 9.17) is 0 Å². The summed E-state index contributed by atoms with van der Waals surface area (Å²) in [4.78, 5) is 0. The molecule has 1 rings (SSSR count). The summed E-state index contributed by atoms with van der Waals surface area (Å²) in [5, 5.41) is 0. The Hall–Kier alpha value is -0.130. The molecule has 47 valence electrons. The molecule has 5 heteroatoms. The summed E-state index contributed by atoms with van der Waals surface area (Å²) in [7, 11) is -3.46. The summed E-state index contributed by atoms with van der Waals surface area (Å²) in [6, 6.07) is 0. The minimum Gasteiger partial charge on any atom is -0.257 e. The molecule has 0 aromatic rings. The highest BCUT2D eigenvalue weighted by molar-refractivity contribution is 7.84. The first-order valence-electron chi connectivity index (χ1n) is 2.29. The lowest BCUT2D eigenvalue weighted by Crippen LogP contribution is -2.26. The van der Waals surface area contributed by atoms with Crippen LogP contribution in [0.15, 0.2) is 0 Å². The molecule has 0 N–H and O–H groups in total. The van der Waals surface area contributed by atoms with Gasteiger partial charge in [0.2, 0.25) is 0 Å². The monoisotopic (exact) mass is 136 g/mol. The van der Waals surface area contributed by atoms with Gasteiger partial charge >= 0.3 is 10.3 Å². The highest BCUT2D eigenvalue weighted by Gasteiger charge is 2.15. The Morgan fingerprint density at radius 2 is 2.25 bits per heavy atom. The third-order valence-electron chi connectivity index (χ3n) is 0.784. The molecule has 1 saturated heterocycles. The second-order valence-corrected chi connectivity index (χ2v) is 2.81. The number of hydrogen-bond donors (Lipinski definition) is 0. The first kappa shape index (κ1) is 6.00. The molecule has 1 fully saturated rings. The molecule has 1 heterocycles. The van der Waals surface area contributed by atoms with Gasteiger partial charge in [0.05, 0.1) is 6.61 Å². The van der Waals surface area contributed by atoms with Crippen LogP contribution in [0.25, 0.3) is 0 Å². The van der Waals surface area contributed by atoms with Crippen molar-refractivity contribution in [3.05, 3.63) is 0 Å². The molecule has 0 aromatic carbocycles. The first-order chi connectivity index (χ1) is 3.71. The Morgan fingerprint density at radius 3 is 2.50 bits per heavy atom. The van der Waals surface area contributed by atoms with Gasteiger partial charge in [-0.15, -0.1) is 0 Å². The van der Waals surface area contributed by atoms with Crippen LogP contribution in [0.3, 0.4) is 0 Å². The van der Waals surface area contributed by atoms with Crippen LogP contribution >= 0.6 is 0 Å². The zero-order valence-corrected chi connectivity index (χ0v) is 5.02. The molecule has 0 atom stereocenters. The van der Waals surface area contributed by atoms with E-state index in [1.54, 1.807) is 0 Å². The van der Waals surface area contributed by atoms with Gasteiger partial charge in [0, 0.05) is 6.54 Å². The lowest BCUT2D eigenvalue weighted by molar-refractivity contribution is 0.282. The molecule has 0 aromatic heterocycles. The van der Waals surface area contributed by atoms with Crippen LogP contribution in [0.4, 0.5) is 0 Å². The Balaban J connectivity index is 2.58. The van der Waals surface area contributed by atoms with Crippen molar-refractivity contribution in [2.75, 3.05) is 13.2 Å². The first-order valence-corrected chi connectivity index (χ1v) is 3.65. The predicted octanol–water partition coefficient (Wildman–Crippen LogP) is -0.744. The SMILES string of the molecule is O=S1(=O)[N]CCCO1. The van der Waals surface area contributed by atoms with E-state index >= 15 is 0 Å². The molecule has 0 aliphatic carbocycles. The van der Waals surface area contributed by atoms with Crippen molar-refractivity contribution in [1.29, 1.82) is 0 Å². The van der Waals surface area contributed by atoms with Gasteiger partial charge in [-0.1, -0.05) is 4.72 Å². The number of nitrogens with zero attached hydrogens (tertiary/aromatic N) is 1. The standard InChI is InChI=1S/C3H6NO3S/c5-8(6)4-2-1-3-7-8/h1-3H2. The summed E-state index contributed by atoms with van der Waals surface area (Å²) in [5.41, 5.74) is 0. The van der Waals surface area contributed by atoms with E-state index in [9.17, 15) is 8.42 Å². The highest BCUT2D eigenvalue weighted by atomic mass is 32.2. The maximum atomic E-state index is 10.3. The minimum absolute atomic E-state index is 0.284. The minimum atomic E-state index is -3.46. The Morgan fingerprint density at radius 1 is 1.50 bits per heavy atom. The molecule has 0 amide bonds. The molecular formula is C3H6NO3S. The third kappa shape index (κ3) is 1.43. The third-order valence-corrected chi connectivity index (χ3v) is 1.75. The summed E-state index contributed by atoms with van der Waals surface area (Å²) < 4.78 is 28.0. The summed E-state index contributed by atoms with van der Waals surface area (Å²) >= 11 is 0. The maximum absolute atomic E-state index is 10.3. The molecule has 0 unspecified atom stereocenters. The largest absolute Gasteiger partial charge is 0.352 e. The molecule has 0 saturated carbocycles. The van der Waals surface area contributed by atoms with Crippen LogP contribution in [0, 0.1) is 0 Å². The van der Waals surface area contributed by atoms with Crippen molar-refractivity contribution in [1.82, 2.24) is 4.72 Å². The van der Waals surface area contributed by atoms with Gasteiger partial charge < -0.3 is 0 Å². The normalized spacial score (nSPS) is 27.5. The maximum Gasteiger partial charge on any atom is 0.352 e. The lowest BCUT2D eigenvalue weighted by atomic mass is 10.5. The Labute approximate surface area is 48.1 Å². The fourth-order valence-corrected chi connectivity index (χ4v) is 1.20. The van der Waals surface area contributed by atoms with Crippen molar-refractivity contribution in [2.24, 2.45) is 0 Å². The molecular weight excluding hydrogens is 130 g/mol. The van der Waals surface area contributed by atoms with Crippen molar-refractivity contribution >= 4 is 10.3 Å². The van der Waals surface area contributed by atoms with E-state index in [1.807, 2.05) is 0 Å².